The maximum atomic E-state index is 8.56. The average molecular weight is 127 g/mol. The average Bonchev–Trinajstić information content (AvgIpc) is 1.33. The number of nitrogens with zero attached hydrogens (tertiary/aromatic N) is 1. The summed E-state index contributed by atoms with van der Waals surface area (Å²) in [5.41, 5.74) is 0. The van der Waals surface area contributed by atoms with E-state index in [1.165, 1.54) is 0 Å². The minimum atomic E-state index is -1.83. The zero-order valence-electron chi connectivity index (χ0n) is 4.16. The summed E-state index contributed by atoms with van der Waals surface area (Å²) < 4.78 is 0. The van der Waals surface area contributed by atoms with E-state index in [0.717, 1.165) is 0 Å². The molecule has 0 spiro atoms. The Kier molecular flexibility index (Phi) is 31.2. The molecule has 40 valence electrons. The molecule has 0 aromatic carbocycles. The van der Waals surface area contributed by atoms with Crippen LogP contribution in [0.5, 0.6) is 0 Å². The van der Waals surface area contributed by atoms with Crippen molar-refractivity contribution in [2.24, 2.45) is 0 Å². The maximum Gasteiger partial charge on any atom is 1.00 e. The van der Waals surface area contributed by atoms with E-state index in [1.807, 2.05) is 0 Å². The molecule has 0 aromatic rings. The fourth-order valence-corrected chi connectivity index (χ4v) is 0. The van der Waals surface area contributed by atoms with Crippen LogP contribution in [-0.4, -0.2) is 22.4 Å². The van der Waals surface area contributed by atoms with Gasteiger partial charge in [0.1, 0.15) is 0 Å². The van der Waals surface area contributed by atoms with Crippen LogP contribution in [0.25, 0.3) is 5.41 Å². The standard InChI is InChI=1S/CNO.CH2O3.Na/c2-1-3;2-1(3)4;/h;(H2,2,3,4);/q-1;;+1. The van der Waals surface area contributed by atoms with Gasteiger partial charge < -0.3 is 15.6 Å². The second-order valence-electron chi connectivity index (χ2n) is 0.374. The van der Waals surface area contributed by atoms with E-state index in [9.17, 15) is 0 Å². The third-order valence-electron chi connectivity index (χ3n) is 0. The van der Waals surface area contributed by atoms with Crippen molar-refractivity contribution in [2.75, 3.05) is 0 Å². The van der Waals surface area contributed by atoms with Gasteiger partial charge >= 0.3 is 35.7 Å². The minimum absolute atomic E-state index is 0. The Bertz CT molecular complexity index is 82.0. The summed E-state index contributed by atoms with van der Waals surface area (Å²) in [4.78, 5) is 16.8. The molecule has 8 heavy (non-hydrogen) atoms. The van der Waals surface area contributed by atoms with Crippen molar-refractivity contribution in [1.82, 2.24) is 0 Å². The van der Waals surface area contributed by atoms with E-state index in [0.29, 0.717) is 6.08 Å². The first-order chi connectivity index (χ1) is 3.15. The number of hydrogen-bond acceptors (Lipinski definition) is 2. The Labute approximate surface area is 67.1 Å². The Morgan fingerprint density at radius 2 is 1.50 bits per heavy atom. The van der Waals surface area contributed by atoms with Crippen LogP contribution in [0.3, 0.4) is 0 Å². The number of carboxylic acid groups (broad SMARTS) is 2. The van der Waals surface area contributed by atoms with Gasteiger partial charge in [-0.15, -0.1) is 0 Å². The smallest absolute Gasteiger partial charge is 0.724 e. The molecule has 0 amide bonds. The summed E-state index contributed by atoms with van der Waals surface area (Å²) >= 11 is 0. The van der Waals surface area contributed by atoms with Gasteiger partial charge in [0.05, 0.1) is 0 Å². The van der Waals surface area contributed by atoms with Gasteiger partial charge in [0.2, 0.25) is 0 Å². The van der Waals surface area contributed by atoms with Gasteiger partial charge in [-0.1, -0.05) is 0 Å². The monoisotopic (exact) mass is 127 g/mol. The molecular formula is C2H2NNaO4. The van der Waals surface area contributed by atoms with Gasteiger partial charge in [-0.2, -0.15) is 0 Å². The SMILES string of the molecule is O=C(O)O.[N-]=C=O.[Na+]. The van der Waals surface area contributed by atoms with Crippen molar-refractivity contribution in [2.45, 2.75) is 0 Å². The van der Waals surface area contributed by atoms with Crippen LogP contribution < -0.4 is 29.6 Å². The predicted molar refractivity (Wildman–Crippen MR) is 19.7 cm³/mol. The Balaban J connectivity index is -0.0000000575. The third-order valence-corrected chi connectivity index (χ3v) is 0. The second kappa shape index (κ2) is 15.9. The number of carbonyl (C=O) groups excluding carboxylic acids is 1. The molecule has 0 bridgehead atoms. The molecule has 6 heteroatoms. The van der Waals surface area contributed by atoms with Crippen molar-refractivity contribution in [1.29, 1.82) is 0 Å². The molecule has 0 aromatic heterocycles. The molecule has 0 rings (SSSR count). The van der Waals surface area contributed by atoms with Gasteiger partial charge in [-0.05, 0) is 6.08 Å². The molecular weight excluding hydrogens is 125 g/mol. The molecule has 0 aliphatic heterocycles. The second-order valence-corrected chi connectivity index (χ2v) is 0.374. The van der Waals surface area contributed by atoms with Gasteiger partial charge in [0.15, 0.2) is 0 Å². The quantitative estimate of drug-likeness (QED) is 0.207. The normalized spacial score (nSPS) is 4.00. The van der Waals surface area contributed by atoms with E-state index in [1.54, 1.807) is 0 Å². The zero-order valence-corrected chi connectivity index (χ0v) is 6.16. The molecule has 0 heterocycles. The van der Waals surface area contributed by atoms with E-state index < -0.39 is 6.16 Å². The summed E-state index contributed by atoms with van der Waals surface area (Å²) in [6.45, 7) is 0. The van der Waals surface area contributed by atoms with Crippen molar-refractivity contribution in [3.8, 4) is 0 Å². The van der Waals surface area contributed by atoms with Crippen molar-refractivity contribution >= 4 is 12.2 Å². The summed E-state index contributed by atoms with van der Waals surface area (Å²) in [5.74, 6) is 0. The summed E-state index contributed by atoms with van der Waals surface area (Å²) in [5, 5.41) is 20.7. The fourth-order valence-electron chi connectivity index (χ4n) is 0. The van der Waals surface area contributed by atoms with E-state index in [2.05, 4.69) is 0 Å². The van der Waals surface area contributed by atoms with Crippen LogP contribution in [0.2, 0.25) is 0 Å². The molecule has 0 radical (unpaired) electrons. The number of isocyanates is 1. The number of hydrogen-bond donors (Lipinski definition) is 2. The molecule has 2 N–H and O–H groups in total. The molecule has 0 aliphatic rings. The van der Waals surface area contributed by atoms with Crippen LogP contribution in [-0.2, 0) is 4.79 Å². The van der Waals surface area contributed by atoms with Gasteiger partial charge in [-0.3, -0.25) is 4.79 Å². The Morgan fingerprint density at radius 3 is 1.50 bits per heavy atom. The number of rotatable bonds is 0. The minimum Gasteiger partial charge on any atom is -0.724 e. The van der Waals surface area contributed by atoms with Gasteiger partial charge in [0.25, 0.3) is 0 Å². The molecule has 0 aliphatic carbocycles. The maximum absolute atomic E-state index is 8.56. The van der Waals surface area contributed by atoms with E-state index in [4.69, 9.17) is 25.2 Å². The van der Waals surface area contributed by atoms with Crippen LogP contribution >= 0.6 is 0 Å². The van der Waals surface area contributed by atoms with Gasteiger partial charge in [0, 0.05) is 0 Å². The van der Waals surface area contributed by atoms with Crippen LogP contribution in [0.15, 0.2) is 0 Å². The Hall–Kier alpha value is -0.350. The van der Waals surface area contributed by atoms with Crippen LogP contribution in [0.4, 0.5) is 4.79 Å². The third kappa shape index (κ3) is 997. The van der Waals surface area contributed by atoms with Crippen molar-refractivity contribution in [3.63, 3.8) is 0 Å². The summed E-state index contributed by atoms with van der Waals surface area (Å²) in [6.07, 6.45) is -1.33. The molecule has 0 saturated carbocycles. The number of carbonyl (C=O) groups is 1. The first kappa shape index (κ1) is 15.6. The van der Waals surface area contributed by atoms with Crippen LogP contribution in [0, 0.1) is 0 Å². The first-order valence-corrected chi connectivity index (χ1v) is 1.08. The predicted octanol–water partition coefficient (Wildman–Crippen LogP) is -2.88. The molecule has 0 fully saturated rings. The molecule has 0 saturated heterocycles. The largest absolute Gasteiger partial charge is 1.00 e. The van der Waals surface area contributed by atoms with Crippen LogP contribution in [0.1, 0.15) is 0 Å². The summed E-state index contributed by atoms with van der Waals surface area (Å²) in [7, 11) is 0. The Morgan fingerprint density at radius 1 is 1.50 bits per heavy atom. The van der Waals surface area contributed by atoms with Crippen molar-refractivity contribution in [3.05, 3.63) is 5.41 Å². The van der Waals surface area contributed by atoms with E-state index >= 15 is 0 Å². The topological polar surface area (TPSA) is 96.9 Å². The van der Waals surface area contributed by atoms with E-state index in [-0.39, 0.29) is 29.6 Å². The first-order valence-electron chi connectivity index (χ1n) is 1.08. The van der Waals surface area contributed by atoms with Crippen molar-refractivity contribution < 1.29 is 49.4 Å². The molecule has 5 nitrogen and oxygen atoms in total. The fraction of sp³-hybridized carbons (Fsp3) is 0. The summed E-state index contributed by atoms with van der Waals surface area (Å²) in [6, 6.07) is 0. The molecule has 0 atom stereocenters. The zero-order chi connectivity index (χ0) is 6.28. The molecule has 0 unspecified atom stereocenters. The van der Waals surface area contributed by atoms with Gasteiger partial charge in [-0.25, -0.2) is 4.79 Å².